The Morgan fingerprint density at radius 1 is 1.03 bits per heavy atom. The first-order valence-electron chi connectivity index (χ1n) is 10.4. The number of nitrogens with zero attached hydrogens (tertiary/aromatic N) is 3. The van der Waals surface area contributed by atoms with E-state index in [1.165, 1.54) is 12.4 Å². The Kier molecular flexibility index (Phi) is 7.99. The van der Waals surface area contributed by atoms with Crippen molar-refractivity contribution in [1.82, 2.24) is 14.9 Å². The molecule has 1 saturated heterocycles. The third-order valence-electron chi connectivity index (χ3n) is 5.58. The fourth-order valence-electron chi connectivity index (χ4n) is 3.88. The van der Waals surface area contributed by atoms with E-state index in [1.807, 2.05) is 4.90 Å². The van der Waals surface area contributed by atoms with E-state index in [4.69, 9.17) is 15.6 Å². The van der Waals surface area contributed by atoms with Crippen molar-refractivity contribution < 1.29 is 33.0 Å². The zero-order chi connectivity index (χ0) is 24.0. The topological polar surface area (TPSA) is 136 Å². The molecule has 0 spiro atoms. The number of benzene rings is 1. The molecule has 33 heavy (non-hydrogen) atoms. The summed E-state index contributed by atoms with van der Waals surface area (Å²) >= 11 is 0. The molecule has 2 amide bonds. The van der Waals surface area contributed by atoms with Crippen molar-refractivity contribution in [3.63, 3.8) is 0 Å². The molecule has 1 saturated carbocycles. The summed E-state index contributed by atoms with van der Waals surface area (Å²) in [5.74, 6) is -3.17. The lowest BCUT2D eigenvalue weighted by Crippen LogP contribution is -2.49. The molecule has 3 N–H and O–H groups in total. The second-order valence-electron chi connectivity index (χ2n) is 7.80. The van der Waals surface area contributed by atoms with Crippen molar-refractivity contribution in [2.24, 2.45) is 11.7 Å². The van der Waals surface area contributed by atoms with Gasteiger partial charge in [0.25, 0.3) is 5.91 Å². The number of halogens is 2. The molecular formula is C22H24F2N4O5. The van der Waals surface area contributed by atoms with E-state index in [1.54, 1.807) is 0 Å². The number of carbonyl (C=O) groups is 3. The Morgan fingerprint density at radius 3 is 2.15 bits per heavy atom. The second-order valence-corrected chi connectivity index (χ2v) is 7.80. The van der Waals surface area contributed by atoms with Crippen LogP contribution in [0.2, 0.25) is 0 Å². The van der Waals surface area contributed by atoms with Crippen molar-refractivity contribution in [2.75, 3.05) is 19.8 Å². The van der Waals surface area contributed by atoms with Gasteiger partial charge in [-0.2, -0.15) is 0 Å². The Morgan fingerprint density at radius 2 is 1.64 bits per heavy atom. The van der Waals surface area contributed by atoms with Crippen molar-refractivity contribution in [3.8, 4) is 11.1 Å². The van der Waals surface area contributed by atoms with Crippen LogP contribution in [-0.2, 0) is 14.3 Å². The minimum absolute atomic E-state index is 0.0463. The van der Waals surface area contributed by atoms with E-state index in [9.17, 15) is 23.2 Å². The van der Waals surface area contributed by atoms with Gasteiger partial charge in [-0.05, 0) is 43.4 Å². The summed E-state index contributed by atoms with van der Waals surface area (Å²) in [6.45, 7) is 1.44. The minimum Gasteiger partial charge on any atom is -0.481 e. The molecule has 1 aromatic carbocycles. The standard InChI is InChI=1S/C11H7F2N3O.C11H17NO4/c12-8-1-6(2-9(13)3-8)7-4-15-11(10(14)17)16-5-7;13-10-7-16-6-5-12(10)9-3-1-8(2-4-9)11(14)15/h1-5H,(H2,14,17);8-9H,1-7H2,(H,14,15). The molecule has 1 aliphatic heterocycles. The van der Waals surface area contributed by atoms with Crippen LogP contribution in [-0.4, -0.2) is 63.6 Å². The van der Waals surface area contributed by atoms with Gasteiger partial charge in [0.1, 0.15) is 18.2 Å². The number of aliphatic carboxylic acids is 1. The number of aromatic nitrogens is 2. The molecule has 1 aliphatic carbocycles. The van der Waals surface area contributed by atoms with Gasteiger partial charge >= 0.3 is 5.97 Å². The zero-order valence-electron chi connectivity index (χ0n) is 17.7. The molecule has 176 valence electrons. The maximum absolute atomic E-state index is 13.0. The number of amides is 2. The number of carboxylic acids is 1. The van der Waals surface area contributed by atoms with Crippen LogP contribution in [0.5, 0.6) is 0 Å². The molecule has 2 fully saturated rings. The molecule has 1 aromatic heterocycles. The van der Waals surface area contributed by atoms with Crippen LogP contribution in [0.4, 0.5) is 8.78 Å². The second kappa shape index (κ2) is 10.9. The molecule has 11 heteroatoms. The van der Waals surface area contributed by atoms with Crippen LogP contribution in [0.3, 0.4) is 0 Å². The van der Waals surface area contributed by atoms with Gasteiger partial charge in [-0.25, -0.2) is 18.7 Å². The highest BCUT2D eigenvalue weighted by Crippen LogP contribution is 2.28. The maximum atomic E-state index is 13.0. The van der Waals surface area contributed by atoms with Crippen LogP contribution in [0.15, 0.2) is 30.6 Å². The third kappa shape index (κ3) is 6.51. The minimum atomic E-state index is -0.762. The smallest absolute Gasteiger partial charge is 0.306 e. The van der Waals surface area contributed by atoms with Crippen LogP contribution >= 0.6 is 0 Å². The summed E-state index contributed by atoms with van der Waals surface area (Å²) in [5.41, 5.74) is 5.65. The number of morpholine rings is 1. The predicted molar refractivity (Wildman–Crippen MR) is 112 cm³/mol. The molecule has 2 heterocycles. The van der Waals surface area contributed by atoms with E-state index in [-0.39, 0.29) is 30.3 Å². The van der Waals surface area contributed by atoms with E-state index < -0.39 is 23.5 Å². The number of carbonyl (C=O) groups excluding carboxylic acids is 2. The van der Waals surface area contributed by atoms with E-state index in [0.717, 1.165) is 31.0 Å². The first-order chi connectivity index (χ1) is 15.7. The van der Waals surface area contributed by atoms with Crippen molar-refractivity contribution >= 4 is 17.8 Å². The predicted octanol–water partition coefficient (Wildman–Crippen LogP) is 2.01. The number of nitrogens with two attached hydrogens (primary N) is 1. The lowest BCUT2D eigenvalue weighted by molar-refractivity contribution is -0.148. The van der Waals surface area contributed by atoms with Gasteiger partial charge in [0.05, 0.1) is 12.5 Å². The molecule has 4 rings (SSSR count). The zero-order valence-corrected chi connectivity index (χ0v) is 17.7. The van der Waals surface area contributed by atoms with E-state index in [0.29, 0.717) is 37.1 Å². The first kappa shape index (κ1) is 24.2. The highest BCUT2D eigenvalue weighted by Gasteiger charge is 2.32. The number of hydrogen-bond donors (Lipinski definition) is 2. The van der Waals surface area contributed by atoms with Crippen molar-refractivity contribution in [3.05, 3.63) is 48.1 Å². The van der Waals surface area contributed by atoms with Gasteiger partial charge in [0, 0.05) is 36.6 Å². The fourth-order valence-corrected chi connectivity index (χ4v) is 3.88. The molecule has 0 atom stereocenters. The summed E-state index contributed by atoms with van der Waals surface area (Å²) in [6.07, 6.45) is 5.54. The third-order valence-corrected chi connectivity index (χ3v) is 5.58. The Hall–Kier alpha value is -3.47. The highest BCUT2D eigenvalue weighted by atomic mass is 19.1. The maximum Gasteiger partial charge on any atom is 0.306 e. The molecule has 0 unspecified atom stereocenters. The van der Waals surface area contributed by atoms with Crippen LogP contribution in [0.1, 0.15) is 36.3 Å². The lowest BCUT2D eigenvalue weighted by atomic mass is 9.85. The summed E-state index contributed by atoms with van der Waals surface area (Å²) in [5, 5.41) is 8.89. The Balaban J connectivity index is 0.000000186. The van der Waals surface area contributed by atoms with Gasteiger partial charge in [-0.15, -0.1) is 0 Å². The molecule has 2 aliphatic rings. The quantitative estimate of drug-likeness (QED) is 0.709. The average molecular weight is 462 g/mol. The van der Waals surface area contributed by atoms with Crippen LogP contribution in [0, 0.1) is 17.6 Å². The number of carboxylic acid groups (broad SMARTS) is 1. The SMILES string of the molecule is NC(=O)c1ncc(-c2cc(F)cc(F)c2)cn1.O=C(O)C1CCC(N2CCOCC2=O)CC1. The van der Waals surface area contributed by atoms with Gasteiger partial charge in [-0.1, -0.05) is 0 Å². The van der Waals surface area contributed by atoms with Gasteiger partial charge in [0.2, 0.25) is 11.7 Å². The van der Waals surface area contributed by atoms with Gasteiger partial charge < -0.3 is 20.5 Å². The Bertz CT molecular complexity index is 990. The van der Waals surface area contributed by atoms with Gasteiger partial charge in [0.15, 0.2) is 0 Å². The monoisotopic (exact) mass is 462 g/mol. The van der Waals surface area contributed by atoms with E-state index >= 15 is 0 Å². The van der Waals surface area contributed by atoms with Crippen molar-refractivity contribution in [1.29, 1.82) is 0 Å². The first-order valence-corrected chi connectivity index (χ1v) is 10.4. The summed E-state index contributed by atoms with van der Waals surface area (Å²) in [6, 6.07) is 3.28. The number of ether oxygens (including phenoxy) is 1. The van der Waals surface area contributed by atoms with Gasteiger partial charge in [-0.3, -0.25) is 14.4 Å². The summed E-state index contributed by atoms with van der Waals surface area (Å²) < 4.78 is 31.0. The lowest BCUT2D eigenvalue weighted by Gasteiger charge is -2.37. The van der Waals surface area contributed by atoms with Crippen molar-refractivity contribution in [2.45, 2.75) is 31.7 Å². The van der Waals surface area contributed by atoms with Crippen LogP contribution in [0.25, 0.3) is 11.1 Å². The molecular weight excluding hydrogens is 438 g/mol. The summed E-state index contributed by atoms with van der Waals surface area (Å²) in [4.78, 5) is 42.4. The molecule has 0 radical (unpaired) electrons. The molecule has 9 nitrogen and oxygen atoms in total. The van der Waals surface area contributed by atoms with Crippen LogP contribution < -0.4 is 5.73 Å². The number of rotatable bonds is 4. The molecule has 0 bridgehead atoms. The average Bonchev–Trinajstić information content (AvgIpc) is 2.79. The largest absolute Gasteiger partial charge is 0.481 e. The highest BCUT2D eigenvalue weighted by molar-refractivity contribution is 5.88. The fraction of sp³-hybridized carbons (Fsp3) is 0.409. The summed E-state index contributed by atoms with van der Waals surface area (Å²) in [7, 11) is 0. The number of hydrogen-bond acceptors (Lipinski definition) is 6. The number of primary amides is 1. The van der Waals surface area contributed by atoms with E-state index in [2.05, 4.69) is 9.97 Å². The Labute approximate surface area is 188 Å². The normalized spacial score (nSPS) is 20.5. The molecule has 2 aromatic rings.